The molecule has 1 N–H and O–H groups in total. The molecule has 5 heteroatoms. The van der Waals surface area contributed by atoms with Crippen molar-refractivity contribution in [3.8, 4) is 0 Å². The number of aromatic nitrogens is 2. The number of hydrogen-bond donors (Lipinski definition) is 1. The van der Waals surface area contributed by atoms with E-state index in [0.29, 0.717) is 5.56 Å². The SMILES string of the molecule is CCn1cc(/C=N/NC(=O)c2ccc(C(C)(C)C)cc2)cn1. The van der Waals surface area contributed by atoms with Crippen molar-refractivity contribution in [3.63, 3.8) is 0 Å². The molecule has 0 saturated carbocycles. The highest BCUT2D eigenvalue weighted by molar-refractivity contribution is 5.94. The van der Waals surface area contributed by atoms with Gasteiger partial charge in [-0.15, -0.1) is 0 Å². The third kappa shape index (κ3) is 4.04. The van der Waals surface area contributed by atoms with Crippen LogP contribution in [0.2, 0.25) is 0 Å². The maximum atomic E-state index is 12.0. The van der Waals surface area contributed by atoms with Crippen molar-refractivity contribution in [1.82, 2.24) is 15.2 Å². The summed E-state index contributed by atoms with van der Waals surface area (Å²) in [7, 11) is 0. The van der Waals surface area contributed by atoms with Crippen molar-refractivity contribution >= 4 is 12.1 Å². The minimum absolute atomic E-state index is 0.0760. The Morgan fingerprint density at radius 3 is 2.55 bits per heavy atom. The van der Waals surface area contributed by atoms with Crippen LogP contribution in [0.5, 0.6) is 0 Å². The largest absolute Gasteiger partial charge is 0.272 e. The molecule has 5 nitrogen and oxygen atoms in total. The second kappa shape index (κ2) is 6.56. The van der Waals surface area contributed by atoms with Gasteiger partial charge in [0.05, 0.1) is 12.4 Å². The summed E-state index contributed by atoms with van der Waals surface area (Å²) in [6, 6.07) is 7.59. The highest BCUT2D eigenvalue weighted by atomic mass is 16.2. The molecule has 0 unspecified atom stereocenters. The van der Waals surface area contributed by atoms with Crippen LogP contribution in [0, 0.1) is 0 Å². The molecule has 0 radical (unpaired) electrons. The Bertz CT molecular complexity index is 663. The molecule has 2 rings (SSSR count). The Hall–Kier alpha value is -2.43. The van der Waals surface area contributed by atoms with E-state index in [-0.39, 0.29) is 11.3 Å². The summed E-state index contributed by atoms with van der Waals surface area (Å²) in [5.41, 5.74) is 5.24. The van der Waals surface area contributed by atoms with Crippen LogP contribution >= 0.6 is 0 Å². The van der Waals surface area contributed by atoms with Crippen LogP contribution in [0.4, 0.5) is 0 Å². The van der Waals surface area contributed by atoms with Crippen LogP contribution in [0.25, 0.3) is 0 Å². The van der Waals surface area contributed by atoms with E-state index in [1.54, 1.807) is 17.1 Å². The molecule has 1 amide bonds. The van der Waals surface area contributed by atoms with E-state index >= 15 is 0 Å². The summed E-state index contributed by atoms with van der Waals surface area (Å²) >= 11 is 0. The molecule has 1 aromatic carbocycles. The molecule has 1 aromatic heterocycles. The maximum absolute atomic E-state index is 12.0. The van der Waals surface area contributed by atoms with Gasteiger partial charge in [-0.2, -0.15) is 10.2 Å². The van der Waals surface area contributed by atoms with Crippen molar-refractivity contribution in [3.05, 3.63) is 53.3 Å². The second-order valence-electron chi connectivity index (χ2n) is 6.16. The molecule has 0 atom stereocenters. The van der Waals surface area contributed by atoms with Crippen LogP contribution in [-0.4, -0.2) is 21.9 Å². The van der Waals surface area contributed by atoms with Gasteiger partial charge in [0.2, 0.25) is 0 Å². The van der Waals surface area contributed by atoms with Gasteiger partial charge in [0.1, 0.15) is 0 Å². The van der Waals surface area contributed by atoms with E-state index in [1.165, 1.54) is 5.56 Å². The topological polar surface area (TPSA) is 59.3 Å². The smallest absolute Gasteiger partial charge is 0.271 e. The zero-order chi connectivity index (χ0) is 16.2. The molecule has 0 spiro atoms. The van der Waals surface area contributed by atoms with Gasteiger partial charge in [0.15, 0.2) is 0 Å². The maximum Gasteiger partial charge on any atom is 0.271 e. The van der Waals surface area contributed by atoms with Gasteiger partial charge >= 0.3 is 0 Å². The minimum atomic E-state index is -0.223. The van der Waals surface area contributed by atoms with Crippen molar-refractivity contribution in [1.29, 1.82) is 0 Å². The third-order valence-electron chi connectivity index (χ3n) is 3.37. The lowest BCUT2D eigenvalue weighted by Gasteiger charge is -2.18. The zero-order valence-electron chi connectivity index (χ0n) is 13.5. The van der Waals surface area contributed by atoms with Crippen LogP contribution < -0.4 is 5.43 Å². The second-order valence-corrected chi connectivity index (χ2v) is 6.16. The average Bonchev–Trinajstić information content (AvgIpc) is 2.94. The van der Waals surface area contributed by atoms with E-state index < -0.39 is 0 Å². The number of hydrazone groups is 1. The normalized spacial score (nSPS) is 11.8. The van der Waals surface area contributed by atoms with Crippen LogP contribution in [0.15, 0.2) is 41.8 Å². The summed E-state index contributed by atoms with van der Waals surface area (Å²) in [6.07, 6.45) is 5.16. The molecule has 0 saturated heterocycles. The van der Waals surface area contributed by atoms with Gasteiger partial charge in [-0.05, 0) is 30.0 Å². The van der Waals surface area contributed by atoms with Crippen LogP contribution in [-0.2, 0) is 12.0 Å². The molecule has 0 aliphatic heterocycles. The molecule has 116 valence electrons. The molecule has 0 bridgehead atoms. The Labute approximate surface area is 131 Å². The lowest BCUT2D eigenvalue weighted by Crippen LogP contribution is -2.18. The monoisotopic (exact) mass is 298 g/mol. The lowest BCUT2D eigenvalue weighted by molar-refractivity contribution is 0.0955. The summed E-state index contributed by atoms with van der Waals surface area (Å²) in [5, 5.41) is 8.09. The van der Waals surface area contributed by atoms with E-state index in [2.05, 4.69) is 36.4 Å². The van der Waals surface area contributed by atoms with Crippen molar-refractivity contribution in [2.75, 3.05) is 0 Å². The van der Waals surface area contributed by atoms with Gasteiger partial charge in [0, 0.05) is 23.9 Å². The van der Waals surface area contributed by atoms with Crippen molar-refractivity contribution in [2.45, 2.75) is 39.7 Å². The highest BCUT2D eigenvalue weighted by Crippen LogP contribution is 2.22. The third-order valence-corrected chi connectivity index (χ3v) is 3.37. The number of rotatable bonds is 4. The number of hydrogen-bond acceptors (Lipinski definition) is 3. The molecule has 0 aliphatic rings. The van der Waals surface area contributed by atoms with Gasteiger partial charge in [-0.3, -0.25) is 9.48 Å². The predicted octanol–water partition coefficient (Wildman–Crippen LogP) is 2.96. The van der Waals surface area contributed by atoms with E-state index in [4.69, 9.17) is 0 Å². The molecule has 1 heterocycles. The fraction of sp³-hybridized carbons (Fsp3) is 0.353. The predicted molar refractivity (Wildman–Crippen MR) is 88.1 cm³/mol. The fourth-order valence-corrected chi connectivity index (χ4v) is 1.97. The first-order valence-corrected chi connectivity index (χ1v) is 7.36. The molecule has 0 aliphatic carbocycles. The standard InChI is InChI=1S/C17H22N4O/c1-5-21-12-13(11-19-21)10-18-20-16(22)14-6-8-15(9-7-14)17(2,3)4/h6-12H,5H2,1-4H3,(H,20,22)/b18-10+. The number of nitrogens with one attached hydrogen (secondary N) is 1. The van der Waals surface area contributed by atoms with E-state index in [9.17, 15) is 4.79 Å². The van der Waals surface area contributed by atoms with Gasteiger partial charge < -0.3 is 0 Å². The van der Waals surface area contributed by atoms with Crippen LogP contribution in [0.3, 0.4) is 0 Å². The fourth-order valence-electron chi connectivity index (χ4n) is 1.97. The Kier molecular flexibility index (Phi) is 4.75. The minimum Gasteiger partial charge on any atom is -0.272 e. The number of carbonyl (C=O) groups is 1. The van der Waals surface area contributed by atoms with Crippen LogP contribution in [0.1, 0.15) is 49.2 Å². The average molecular weight is 298 g/mol. The molecule has 2 aromatic rings. The first-order chi connectivity index (χ1) is 10.4. The Morgan fingerprint density at radius 1 is 1.32 bits per heavy atom. The van der Waals surface area contributed by atoms with Crippen molar-refractivity contribution < 1.29 is 4.79 Å². The first-order valence-electron chi connectivity index (χ1n) is 7.36. The Balaban J connectivity index is 1.97. The van der Waals surface area contributed by atoms with Crippen molar-refractivity contribution in [2.24, 2.45) is 5.10 Å². The number of nitrogens with zero attached hydrogens (tertiary/aromatic N) is 3. The molecule has 0 fully saturated rings. The number of carbonyl (C=O) groups excluding carboxylic acids is 1. The number of benzene rings is 1. The molecular weight excluding hydrogens is 276 g/mol. The number of aryl methyl sites for hydroxylation is 1. The molecule has 22 heavy (non-hydrogen) atoms. The van der Waals surface area contributed by atoms with E-state index in [1.807, 2.05) is 37.4 Å². The summed E-state index contributed by atoms with van der Waals surface area (Å²) in [6.45, 7) is 9.24. The summed E-state index contributed by atoms with van der Waals surface area (Å²) < 4.78 is 1.80. The lowest BCUT2D eigenvalue weighted by atomic mass is 9.87. The van der Waals surface area contributed by atoms with E-state index in [0.717, 1.165) is 12.1 Å². The zero-order valence-corrected chi connectivity index (χ0v) is 13.5. The molecular formula is C17H22N4O. The summed E-state index contributed by atoms with van der Waals surface area (Å²) in [4.78, 5) is 12.0. The quantitative estimate of drug-likeness (QED) is 0.697. The Morgan fingerprint density at radius 2 is 2.00 bits per heavy atom. The summed E-state index contributed by atoms with van der Waals surface area (Å²) in [5.74, 6) is -0.223. The van der Waals surface area contributed by atoms with Gasteiger partial charge in [0.25, 0.3) is 5.91 Å². The highest BCUT2D eigenvalue weighted by Gasteiger charge is 2.14. The first kappa shape index (κ1) is 15.9. The van der Waals surface area contributed by atoms with Gasteiger partial charge in [-0.1, -0.05) is 32.9 Å². The number of amides is 1. The van der Waals surface area contributed by atoms with Gasteiger partial charge in [-0.25, -0.2) is 5.43 Å².